The normalized spacial score (nSPS) is 13.1. The quantitative estimate of drug-likeness (QED) is 0.828. The van der Waals surface area contributed by atoms with Gasteiger partial charge in [-0.2, -0.15) is 0 Å². The Morgan fingerprint density at radius 3 is 2.40 bits per heavy atom. The lowest BCUT2D eigenvalue weighted by atomic mass is 9.93. The topological polar surface area (TPSA) is 29.1 Å². The molecule has 0 unspecified atom stereocenters. The van der Waals surface area contributed by atoms with Crippen LogP contribution in [0, 0.1) is 0 Å². The molecule has 1 N–H and O–H groups in total. The highest BCUT2D eigenvalue weighted by Crippen LogP contribution is 2.32. The van der Waals surface area contributed by atoms with E-state index in [-0.39, 0.29) is 5.91 Å². The Bertz CT molecular complexity index is 750. The molecule has 1 aliphatic heterocycles. The molecule has 0 fully saturated rings. The molecule has 1 aliphatic rings. The van der Waals surface area contributed by atoms with Gasteiger partial charge in [-0.3, -0.25) is 4.79 Å². The minimum Gasteiger partial charge on any atom is -0.312 e. The van der Waals surface area contributed by atoms with Gasteiger partial charge in [-0.05, 0) is 28.8 Å². The maximum absolute atomic E-state index is 12.0. The molecule has 3 rings (SSSR count). The van der Waals surface area contributed by atoms with Gasteiger partial charge in [-0.25, -0.2) is 0 Å². The number of hydrogen-bond donors (Lipinski definition) is 1. The van der Waals surface area contributed by atoms with Crippen molar-refractivity contribution in [3.8, 4) is 11.1 Å². The van der Waals surface area contributed by atoms with Crippen LogP contribution in [0.15, 0.2) is 47.4 Å². The van der Waals surface area contributed by atoms with E-state index in [4.69, 9.17) is 12.2 Å². The molecule has 98 valence electrons. The second kappa shape index (κ2) is 4.96. The van der Waals surface area contributed by atoms with Crippen molar-refractivity contribution in [1.82, 2.24) is 5.32 Å². The standard InChI is InChI=1S/C16H10BrNOS/c1-2-11-12(9-3-5-10(17)6-4-9)7-8-13-14(11)15(19)18-16(13)20/h2-8H,1H2,(H,18,19,20). The minimum atomic E-state index is -0.154. The third-order valence-electron chi connectivity index (χ3n) is 3.30. The van der Waals surface area contributed by atoms with E-state index >= 15 is 0 Å². The molecule has 0 aromatic heterocycles. The fraction of sp³-hybridized carbons (Fsp3) is 0. The molecular weight excluding hydrogens is 334 g/mol. The van der Waals surface area contributed by atoms with Crippen LogP contribution in [0.25, 0.3) is 17.2 Å². The molecule has 1 amide bonds. The summed E-state index contributed by atoms with van der Waals surface area (Å²) >= 11 is 8.58. The molecule has 0 spiro atoms. The lowest BCUT2D eigenvalue weighted by molar-refractivity contribution is 0.0983. The fourth-order valence-electron chi connectivity index (χ4n) is 2.38. The number of rotatable bonds is 2. The highest BCUT2D eigenvalue weighted by atomic mass is 79.9. The highest BCUT2D eigenvalue weighted by molar-refractivity contribution is 9.10. The maximum atomic E-state index is 12.0. The Hall–Kier alpha value is -1.78. The van der Waals surface area contributed by atoms with E-state index in [0.717, 1.165) is 26.7 Å². The molecule has 1 heterocycles. The number of carbonyl (C=O) groups is 1. The second-order valence-corrected chi connectivity index (χ2v) is 5.77. The SMILES string of the molecule is C=Cc1c(-c2ccc(Br)cc2)ccc2c1C(=O)NC2=S. The van der Waals surface area contributed by atoms with Gasteiger partial charge in [0.05, 0.1) is 5.56 Å². The molecule has 4 heteroatoms. The van der Waals surface area contributed by atoms with Crippen LogP contribution in [0.3, 0.4) is 0 Å². The van der Waals surface area contributed by atoms with Crippen LogP contribution >= 0.6 is 28.1 Å². The molecule has 0 radical (unpaired) electrons. The van der Waals surface area contributed by atoms with Gasteiger partial charge in [-0.15, -0.1) is 0 Å². The average molecular weight is 344 g/mol. The van der Waals surface area contributed by atoms with Crippen molar-refractivity contribution in [2.24, 2.45) is 0 Å². The first-order valence-electron chi connectivity index (χ1n) is 6.03. The summed E-state index contributed by atoms with van der Waals surface area (Å²) in [7, 11) is 0. The van der Waals surface area contributed by atoms with Gasteiger partial charge < -0.3 is 5.32 Å². The van der Waals surface area contributed by atoms with Crippen molar-refractivity contribution in [3.63, 3.8) is 0 Å². The van der Waals surface area contributed by atoms with Crippen molar-refractivity contribution in [2.45, 2.75) is 0 Å². The molecule has 0 saturated carbocycles. The van der Waals surface area contributed by atoms with E-state index in [9.17, 15) is 4.79 Å². The summed E-state index contributed by atoms with van der Waals surface area (Å²) in [6.45, 7) is 3.84. The van der Waals surface area contributed by atoms with Gasteiger partial charge in [0.25, 0.3) is 5.91 Å². The van der Waals surface area contributed by atoms with Crippen molar-refractivity contribution < 1.29 is 4.79 Å². The summed E-state index contributed by atoms with van der Waals surface area (Å²) in [5.41, 5.74) is 4.23. The Kier molecular flexibility index (Phi) is 3.28. The van der Waals surface area contributed by atoms with Gasteiger partial charge in [0.2, 0.25) is 0 Å². The summed E-state index contributed by atoms with van der Waals surface area (Å²) in [6.07, 6.45) is 1.71. The zero-order chi connectivity index (χ0) is 14.3. The van der Waals surface area contributed by atoms with Crippen LogP contribution in [0.4, 0.5) is 0 Å². The smallest absolute Gasteiger partial charge is 0.257 e. The molecule has 2 aromatic carbocycles. The Balaban J connectivity index is 2.26. The van der Waals surface area contributed by atoms with Gasteiger partial charge in [0.15, 0.2) is 0 Å². The zero-order valence-corrected chi connectivity index (χ0v) is 12.8. The number of nitrogens with one attached hydrogen (secondary N) is 1. The summed E-state index contributed by atoms with van der Waals surface area (Å²) in [6, 6.07) is 11.8. The molecular formula is C16H10BrNOS. The summed E-state index contributed by atoms with van der Waals surface area (Å²) in [5, 5.41) is 2.68. The first-order valence-corrected chi connectivity index (χ1v) is 7.23. The predicted octanol–water partition coefficient (Wildman–Crippen LogP) is 4.18. The number of benzene rings is 2. The van der Waals surface area contributed by atoms with E-state index in [1.54, 1.807) is 6.08 Å². The average Bonchev–Trinajstić information content (AvgIpc) is 2.74. The predicted molar refractivity (Wildman–Crippen MR) is 88.8 cm³/mol. The number of halogens is 1. The van der Waals surface area contributed by atoms with Gasteiger partial charge >= 0.3 is 0 Å². The minimum absolute atomic E-state index is 0.154. The number of hydrogen-bond acceptors (Lipinski definition) is 2. The van der Waals surface area contributed by atoms with E-state index in [1.807, 2.05) is 36.4 Å². The zero-order valence-electron chi connectivity index (χ0n) is 10.4. The first kappa shape index (κ1) is 13.2. The maximum Gasteiger partial charge on any atom is 0.257 e. The summed E-state index contributed by atoms with van der Waals surface area (Å²) in [5.74, 6) is -0.154. The van der Waals surface area contributed by atoms with Crippen LogP contribution in [0.2, 0.25) is 0 Å². The van der Waals surface area contributed by atoms with Crippen molar-refractivity contribution in [3.05, 3.63) is 64.1 Å². The van der Waals surface area contributed by atoms with Crippen molar-refractivity contribution in [2.75, 3.05) is 0 Å². The third kappa shape index (κ3) is 2.01. The molecule has 20 heavy (non-hydrogen) atoms. The van der Waals surface area contributed by atoms with Crippen LogP contribution in [0.5, 0.6) is 0 Å². The van der Waals surface area contributed by atoms with Crippen molar-refractivity contribution in [1.29, 1.82) is 0 Å². The fourth-order valence-corrected chi connectivity index (χ4v) is 2.91. The molecule has 2 nitrogen and oxygen atoms in total. The van der Waals surface area contributed by atoms with E-state index in [2.05, 4.69) is 27.8 Å². The van der Waals surface area contributed by atoms with Crippen LogP contribution < -0.4 is 5.32 Å². The Labute approximate surface area is 130 Å². The third-order valence-corrected chi connectivity index (χ3v) is 4.15. The monoisotopic (exact) mass is 343 g/mol. The molecule has 2 aromatic rings. The van der Waals surface area contributed by atoms with E-state index in [0.29, 0.717) is 10.6 Å². The number of carbonyl (C=O) groups excluding carboxylic acids is 1. The Morgan fingerprint density at radius 2 is 1.75 bits per heavy atom. The van der Waals surface area contributed by atoms with Gasteiger partial charge in [0.1, 0.15) is 4.99 Å². The van der Waals surface area contributed by atoms with Gasteiger partial charge in [-0.1, -0.05) is 65.1 Å². The second-order valence-electron chi connectivity index (χ2n) is 4.44. The number of thiocarbonyl (C=S) groups is 1. The lowest BCUT2D eigenvalue weighted by Gasteiger charge is -2.10. The lowest BCUT2D eigenvalue weighted by Crippen LogP contribution is -2.19. The van der Waals surface area contributed by atoms with Gasteiger partial charge in [0, 0.05) is 10.0 Å². The van der Waals surface area contributed by atoms with Crippen molar-refractivity contribution >= 4 is 45.1 Å². The Morgan fingerprint density at radius 1 is 1.10 bits per heavy atom. The largest absolute Gasteiger partial charge is 0.312 e. The van der Waals surface area contributed by atoms with E-state index < -0.39 is 0 Å². The molecule has 0 bridgehead atoms. The van der Waals surface area contributed by atoms with E-state index in [1.165, 1.54) is 0 Å². The summed E-state index contributed by atoms with van der Waals surface area (Å²) in [4.78, 5) is 12.5. The number of fused-ring (bicyclic) bond motifs is 1. The van der Waals surface area contributed by atoms with Crippen LogP contribution in [0.1, 0.15) is 21.5 Å². The molecule has 0 saturated heterocycles. The first-order chi connectivity index (χ1) is 9.61. The molecule has 0 aliphatic carbocycles. The molecule has 0 atom stereocenters. The highest BCUT2D eigenvalue weighted by Gasteiger charge is 2.27. The summed E-state index contributed by atoms with van der Waals surface area (Å²) < 4.78 is 1.02. The van der Waals surface area contributed by atoms with Crippen LogP contribution in [-0.2, 0) is 0 Å². The van der Waals surface area contributed by atoms with Crippen LogP contribution in [-0.4, -0.2) is 10.9 Å². The number of amides is 1.